The minimum Gasteiger partial charge on any atom is -0.497 e. The highest BCUT2D eigenvalue weighted by Crippen LogP contribution is 2.15. The van der Waals surface area contributed by atoms with E-state index in [9.17, 15) is 4.79 Å². The van der Waals surface area contributed by atoms with Gasteiger partial charge in [-0.3, -0.25) is 4.79 Å². The SMILES string of the molecule is COc1ccc(CNC(=O)c2ccc(Nc3ccc(C#N)cc3)nn2)cc1. The number of ether oxygens (including phenoxy) is 1. The van der Waals surface area contributed by atoms with Gasteiger partial charge < -0.3 is 15.4 Å². The number of nitrogens with one attached hydrogen (secondary N) is 2. The molecule has 0 radical (unpaired) electrons. The Hall–Kier alpha value is -3.92. The lowest BCUT2D eigenvalue weighted by Gasteiger charge is -2.07. The Morgan fingerprint density at radius 2 is 1.78 bits per heavy atom. The Kier molecular flexibility index (Phi) is 5.60. The molecule has 3 rings (SSSR count). The van der Waals surface area contributed by atoms with E-state index in [1.807, 2.05) is 24.3 Å². The predicted molar refractivity (Wildman–Crippen MR) is 101 cm³/mol. The van der Waals surface area contributed by atoms with Crippen molar-refractivity contribution < 1.29 is 9.53 Å². The normalized spacial score (nSPS) is 9.93. The largest absolute Gasteiger partial charge is 0.497 e. The first-order valence-corrected chi connectivity index (χ1v) is 8.20. The summed E-state index contributed by atoms with van der Waals surface area (Å²) in [6, 6.07) is 19.7. The second kappa shape index (κ2) is 8.45. The van der Waals surface area contributed by atoms with Crippen LogP contribution >= 0.6 is 0 Å². The lowest BCUT2D eigenvalue weighted by atomic mass is 10.2. The van der Waals surface area contributed by atoms with E-state index in [0.717, 1.165) is 17.0 Å². The quantitative estimate of drug-likeness (QED) is 0.702. The molecule has 1 heterocycles. The van der Waals surface area contributed by atoms with Gasteiger partial charge in [0.2, 0.25) is 0 Å². The molecule has 0 atom stereocenters. The van der Waals surface area contributed by atoms with Gasteiger partial charge in [0, 0.05) is 12.2 Å². The maximum Gasteiger partial charge on any atom is 0.272 e. The summed E-state index contributed by atoms with van der Waals surface area (Å²) in [6.07, 6.45) is 0. The van der Waals surface area contributed by atoms with Crippen molar-refractivity contribution in [3.63, 3.8) is 0 Å². The number of rotatable bonds is 6. The zero-order valence-electron chi connectivity index (χ0n) is 14.6. The summed E-state index contributed by atoms with van der Waals surface area (Å²) in [6.45, 7) is 0.385. The number of amides is 1. The smallest absolute Gasteiger partial charge is 0.272 e. The highest BCUT2D eigenvalue weighted by molar-refractivity contribution is 5.92. The predicted octanol–water partition coefficient (Wildman–Crippen LogP) is 3.03. The van der Waals surface area contributed by atoms with Crippen molar-refractivity contribution in [1.29, 1.82) is 5.26 Å². The summed E-state index contributed by atoms with van der Waals surface area (Å²) in [4.78, 5) is 12.2. The molecule has 0 aliphatic heterocycles. The first-order valence-electron chi connectivity index (χ1n) is 8.20. The summed E-state index contributed by atoms with van der Waals surface area (Å²) < 4.78 is 5.10. The molecule has 0 unspecified atom stereocenters. The fraction of sp³-hybridized carbons (Fsp3) is 0.100. The monoisotopic (exact) mass is 359 g/mol. The summed E-state index contributed by atoms with van der Waals surface area (Å²) in [5.41, 5.74) is 2.54. The van der Waals surface area contributed by atoms with Crippen LogP contribution in [0, 0.1) is 11.3 Å². The first-order chi connectivity index (χ1) is 13.2. The number of carbonyl (C=O) groups excluding carboxylic acids is 1. The molecular formula is C20H17N5O2. The molecule has 0 aliphatic carbocycles. The minimum atomic E-state index is -0.303. The number of hydrogen-bond donors (Lipinski definition) is 2. The van der Waals surface area contributed by atoms with Crippen molar-refractivity contribution in [2.24, 2.45) is 0 Å². The number of hydrogen-bond acceptors (Lipinski definition) is 6. The molecule has 27 heavy (non-hydrogen) atoms. The standard InChI is InChI=1S/C20H17N5O2/c1-27-17-8-4-15(5-9-17)13-22-20(26)18-10-11-19(25-24-18)23-16-6-2-14(12-21)3-7-16/h2-11H,13H2,1H3,(H,22,26)(H,23,25). The van der Waals surface area contributed by atoms with E-state index in [0.29, 0.717) is 17.9 Å². The maximum atomic E-state index is 12.2. The van der Waals surface area contributed by atoms with Crippen LogP contribution in [0.1, 0.15) is 21.6 Å². The van der Waals surface area contributed by atoms with E-state index in [4.69, 9.17) is 10.00 Å². The Labute approximate surface area is 156 Å². The van der Waals surface area contributed by atoms with Crippen LogP contribution in [0.25, 0.3) is 0 Å². The maximum absolute atomic E-state index is 12.2. The van der Waals surface area contributed by atoms with E-state index in [1.165, 1.54) is 0 Å². The number of anilines is 2. The van der Waals surface area contributed by atoms with Gasteiger partial charge in [-0.1, -0.05) is 12.1 Å². The lowest BCUT2D eigenvalue weighted by Crippen LogP contribution is -2.24. The van der Waals surface area contributed by atoms with Crippen molar-refractivity contribution in [2.45, 2.75) is 6.54 Å². The number of nitriles is 1. The zero-order valence-corrected chi connectivity index (χ0v) is 14.6. The number of benzene rings is 2. The van der Waals surface area contributed by atoms with Crippen LogP contribution in [0.5, 0.6) is 5.75 Å². The van der Waals surface area contributed by atoms with Crippen LogP contribution in [0.4, 0.5) is 11.5 Å². The third kappa shape index (κ3) is 4.80. The Bertz CT molecular complexity index is 946. The van der Waals surface area contributed by atoms with E-state index < -0.39 is 0 Å². The van der Waals surface area contributed by atoms with Crippen molar-refractivity contribution in [3.05, 3.63) is 77.5 Å². The van der Waals surface area contributed by atoms with Crippen LogP contribution in [-0.2, 0) is 6.54 Å². The van der Waals surface area contributed by atoms with E-state index >= 15 is 0 Å². The van der Waals surface area contributed by atoms with Crippen LogP contribution in [0.15, 0.2) is 60.7 Å². The van der Waals surface area contributed by atoms with Crippen molar-refractivity contribution in [2.75, 3.05) is 12.4 Å². The highest BCUT2D eigenvalue weighted by Gasteiger charge is 2.08. The molecule has 2 aromatic carbocycles. The molecule has 2 N–H and O–H groups in total. The molecule has 0 spiro atoms. The number of nitrogens with zero attached hydrogens (tertiary/aromatic N) is 3. The van der Waals surface area contributed by atoms with Gasteiger partial charge in [-0.2, -0.15) is 5.26 Å². The van der Waals surface area contributed by atoms with Gasteiger partial charge in [0.1, 0.15) is 5.75 Å². The van der Waals surface area contributed by atoms with Crippen molar-refractivity contribution in [1.82, 2.24) is 15.5 Å². The van der Waals surface area contributed by atoms with E-state index in [1.54, 1.807) is 43.5 Å². The second-order valence-corrected chi connectivity index (χ2v) is 5.65. The Morgan fingerprint density at radius 3 is 2.37 bits per heavy atom. The first kappa shape index (κ1) is 17.9. The van der Waals surface area contributed by atoms with Gasteiger partial charge in [0.05, 0.1) is 18.7 Å². The zero-order chi connectivity index (χ0) is 19.1. The van der Waals surface area contributed by atoms with E-state index in [-0.39, 0.29) is 11.6 Å². The topological polar surface area (TPSA) is 99.9 Å². The molecule has 1 amide bonds. The summed E-state index contributed by atoms with van der Waals surface area (Å²) in [5.74, 6) is 0.968. The van der Waals surface area contributed by atoms with Gasteiger partial charge in [0.15, 0.2) is 11.5 Å². The van der Waals surface area contributed by atoms with Crippen LogP contribution < -0.4 is 15.4 Å². The number of aromatic nitrogens is 2. The van der Waals surface area contributed by atoms with Gasteiger partial charge in [-0.25, -0.2) is 0 Å². The van der Waals surface area contributed by atoms with Crippen LogP contribution in [-0.4, -0.2) is 23.2 Å². The van der Waals surface area contributed by atoms with Crippen LogP contribution in [0.3, 0.4) is 0 Å². The molecule has 3 aromatic rings. The molecule has 0 bridgehead atoms. The van der Waals surface area contributed by atoms with E-state index in [2.05, 4.69) is 26.9 Å². The van der Waals surface area contributed by atoms with Gasteiger partial charge in [-0.05, 0) is 54.1 Å². The van der Waals surface area contributed by atoms with Crippen molar-refractivity contribution in [3.8, 4) is 11.8 Å². The summed E-state index contributed by atoms with van der Waals surface area (Å²) in [5, 5.41) is 22.6. The third-order valence-electron chi connectivity index (χ3n) is 3.80. The number of methoxy groups -OCH3 is 1. The molecule has 134 valence electrons. The molecule has 0 saturated carbocycles. The van der Waals surface area contributed by atoms with Crippen LogP contribution in [0.2, 0.25) is 0 Å². The Balaban J connectivity index is 1.56. The third-order valence-corrected chi connectivity index (χ3v) is 3.80. The Morgan fingerprint density at radius 1 is 1.04 bits per heavy atom. The molecule has 0 aliphatic rings. The lowest BCUT2D eigenvalue weighted by molar-refractivity contribution is 0.0945. The summed E-state index contributed by atoms with van der Waals surface area (Å²) >= 11 is 0. The second-order valence-electron chi connectivity index (χ2n) is 5.65. The fourth-order valence-electron chi connectivity index (χ4n) is 2.31. The highest BCUT2D eigenvalue weighted by atomic mass is 16.5. The molecule has 7 nitrogen and oxygen atoms in total. The average Bonchev–Trinajstić information content (AvgIpc) is 2.73. The van der Waals surface area contributed by atoms with Crippen molar-refractivity contribution >= 4 is 17.4 Å². The average molecular weight is 359 g/mol. The minimum absolute atomic E-state index is 0.230. The fourth-order valence-corrected chi connectivity index (χ4v) is 2.31. The van der Waals surface area contributed by atoms with Gasteiger partial charge in [0.25, 0.3) is 5.91 Å². The molecule has 7 heteroatoms. The molecule has 0 saturated heterocycles. The van der Waals surface area contributed by atoms with Gasteiger partial charge >= 0.3 is 0 Å². The van der Waals surface area contributed by atoms with Gasteiger partial charge in [-0.15, -0.1) is 10.2 Å². The molecule has 1 aromatic heterocycles. The molecular weight excluding hydrogens is 342 g/mol. The summed E-state index contributed by atoms with van der Waals surface area (Å²) in [7, 11) is 1.61. The molecule has 0 fully saturated rings. The number of carbonyl (C=O) groups is 1.